The molecule has 0 unspecified atom stereocenters. The second-order valence-corrected chi connectivity index (χ2v) is 3.68. The van der Waals surface area contributed by atoms with Crippen LogP contribution in [0, 0.1) is 5.82 Å². The van der Waals surface area contributed by atoms with Gasteiger partial charge in [-0.2, -0.15) is 0 Å². The van der Waals surface area contributed by atoms with Crippen molar-refractivity contribution in [2.45, 2.75) is 19.3 Å². The molecule has 0 bridgehead atoms. The zero-order chi connectivity index (χ0) is 11.7. The Labute approximate surface area is 91.8 Å². The lowest BCUT2D eigenvalue weighted by molar-refractivity contribution is -0.129. The van der Waals surface area contributed by atoms with Gasteiger partial charge < -0.3 is 5.73 Å². The highest BCUT2D eigenvalue weighted by atomic mass is 19.1. The predicted molar refractivity (Wildman–Crippen MR) is 57.2 cm³/mol. The molecule has 0 atom stereocenters. The van der Waals surface area contributed by atoms with Gasteiger partial charge in [0.2, 0.25) is 11.8 Å². The van der Waals surface area contributed by atoms with E-state index in [-0.39, 0.29) is 23.2 Å². The average molecular weight is 222 g/mol. The second-order valence-electron chi connectivity index (χ2n) is 3.68. The Morgan fingerprint density at radius 2 is 1.81 bits per heavy atom. The summed E-state index contributed by atoms with van der Waals surface area (Å²) in [5.74, 6) is -1.17. The molecule has 1 heterocycles. The number of halogens is 1. The zero-order valence-electron chi connectivity index (χ0n) is 8.57. The third-order valence-corrected chi connectivity index (χ3v) is 2.51. The van der Waals surface area contributed by atoms with Gasteiger partial charge in [-0.15, -0.1) is 0 Å². The molecule has 2 rings (SSSR count). The van der Waals surface area contributed by atoms with E-state index < -0.39 is 5.82 Å². The minimum absolute atomic E-state index is 0.148. The smallest absolute Gasteiger partial charge is 0.233 e. The van der Waals surface area contributed by atoms with Gasteiger partial charge in [0.15, 0.2) is 0 Å². The molecular weight excluding hydrogens is 211 g/mol. The first-order chi connectivity index (χ1) is 7.59. The van der Waals surface area contributed by atoms with E-state index >= 15 is 0 Å². The summed E-state index contributed by atoms with van der Waals surface area (Å²) in [5.41, 5.74) is 6.01. The molecule has 2 amide bonds. The largest absolute Gasteiger partial charge is 0.397 e. The number of rotatable bonds is 1. The molecule has 0 aliphatic carbocycles. The summed E-state index contributed by atoms with van der Waals surface area (Å²) < 4.78 is 13.1. The summed E-state index contributed by atoms with van der Waals surface area (Å²) in [6.45, 7) is 0. The first-order valence-electron chi connectivity index (χ1n) is 5.00. The number of anilines is 2. The van der Waals surface area contributed by atoms with Crippen molar-refractivity contribution in [2.75, 3.05) is 10.6 Å². The summed E-state index contributed by atoms with van der Waals surface area (Å²) in [6.07, 6.45) is 1.13. The van der Waals surface area contributed by atoms with Gasteiger partial charge in [0.1, 0.15) is 5.82 Å². The van der Waals surface area contributed by atoms with Gasteiger partial charge in [-0.1, -0.05) is 0 Å². The Balaban J connectivity index is 2.45. The molecule has 1 saturated heterocycles. The van der Waals surface area contributed by atoms with E-state index in [9.17, 15) is 14.0 Å². The monoisotopic (exact) mass is 222 g/mol. The first-order valence-corrected chi connectivity index (χ1v) is 5.00. The van der Waals surface area contributed by atoms with Crippen molar-refractivity contribution < 1.29 is 14.0 Å². The Morgan fingerprint density at radius 1 is 1.19 bits per heavy atom. The predicted octanol–water partition coefficient (Wildman–Crippen LogP) is 1.45. The molecule has 0 spiro atoms. The first kappa shape index (κ1) is 10.6. The molecule has 1 fully saturated rings. The van der Waals surface area contributed by atoms with E-state index in [1.165, 1.54) is 12.1 Å². The van der Waals surface area contributed by atoms with Gasteiger partial charge >= 0.3 is 0 Å². The molecule has 5 heteroatoms. The molecule has 84 valence electrons. The third-order valence-electron chi connectivity index (χ3n) is 2.51. The van der Waals surface area contributed by atoms with Crippen molar-refractivity contribution in [3.63, 3.8) is 0 Å². The fraction of sp³-hybridized carbons (Fsp3) is 0.273. The number of nitrogen functional groups attached to an aromatic ring is 1. The van der Waals surface area contributed by atoms with Crippen LogP contribution in [0.25, 0.3) is 0 Å². The third kappa shape index (κ3) is 1.76. The molecule has 1 aliphatic rings. The number of hydrogen-bond acceptors (Lipinski definition) is 3. The van der Waals surface area contributed by atoms with Gasteiger partial charge in [0.05, 0.1) is 11.4 Å². The summed E-state index contributed by atoms with van der Waals surface area (Å²) in [4.78, 5) is 24.2. The molecule has 1 aromatic rings. The van der Waals surface area contributed by atoms with E-state index in [0.29, 0.717) is 19.3 Å². The lowest BCUT2D eigenvalue weighted by atomic mass is 10.1. The van der Waals surface area contributed by atoms with Crippen LogP contribution in [0.1, 0.15) is 19.3 Å². The fourth-order valence-electron chi connectivity index (χ4n) is 1.73. The fourth-order valence-corrected chi connectivity index (χ4v) is 1.73. The summed E-state index contributed by atoms with van der Waals surface area (Å²) >= 11 is 0. The van der Waals surface area contributed by atoms with Crippen LogP contribution in [0.4, 0.5) is 15.8 Å². The van der Waals surface area contributed by atoms with Gasteiger partial charge in [0, 0.05) is 18.9 Å². The quantitative estimate of drug-likeness (QED) is 0.577. The Hall–Kier alpha value is -1.91. The molecule has 4 nitrogen and oxygen atoms in total. The SMILES string of the molecule is Nc1ccc(F)cc1N1C(=O)CCCC1=O. The summed E-state index contributed by atoms with van der Waals surface area (Å²) in [5, 5.41) is 0. The number of benzene rings is 1. The Bertz CT molecular complexity index is 443. The lowest BCUT2D eigenvalue weighted by Crippen LogP contribution is -2.40. The molecule has 2 N–H and O–H groups in total. The number of hydrogen-bond donors (Lipinski definition) is 1. The normalized spacial score (nSPS) is 16.7. The van der Waals surface area contributed by atoms with E-state index in [4.69, 9.17) is 5.73 Å². The summed E-state index contributed by atoms with van der Waals surface area (Å²) in [6, 6.07) is 3.65. The van der Waals surface area contributed by atoms with Crippen molar-refractivity contribution in [1.82, 2.24) is 0 Å². The van der Waals surface area contributed by atoms with Crippen molar-refractivity contribution in [1.29, 1.82) is 0 Å². The lowest BCUT2D eigenvalue weighted by Gasteiger charge is -2.25. The van der Waals surface area contributed by atoms with Crippen molar-refractivity contribution >= 4 is 23.2 Å². The van der Waals surface area contributed by atoms with E-state index in [0.717, 1.165) is 11.0 Å². The van der Waals surface area contributed by atoms with E-state index in [2.05, 4.69) is 0 Å². The van der Waals surface area contributed by atoms with Crippen LogP contribution in [0.5, 0.6) is 0 Å². The molecule has 0 radical (unpaired) electrons. The number of nitrogens with zero attached hydrogens (tertiary/aromatic N) is 1. The number of imide groups is 1. The minimum Gasteiger partial charge on any atom is -0.397 e. The van der Waals surface area contributed by atoms with Crippen molar-refractivity contribution in [3.8, 4) is 0 Å². The number of carbonyl (C=O) groups excluding carboxylic acids is 2. The maximum absolute atomic E-state index is 13.1. The Kier molecular flexibility index (Phi) is 2.60. The standard InChI is InChI=1S/C11H11FN2O2/c12-7-4-5-8(13)9(6-7)14-10(15)2-1-3-11(14)16/h4-6H,1-3,13H2. The van der Waals surface area contributed by atoms with Crippen molar-refractivity contribution in [3.05, 3.63) is 24.0 Å². The highest BCUT2D eigenvalue weighted by Crippen LogP contribution is 2.28. The molecule has 16 heavy (non-hydrogen) atoms. The molecule has 0 aromatic heterocycles. The number of amides is 2. The molecule has 0 saturated carbocycles. The Morgan fingerprint density at radius 3 is 2.44 bits per heavy atom. The maximum atomic E-state index is 13.1. The van der Waals surface area contributed by atoms with Crippen LogP contribution >= 0.6 is 0 Å². The van der Waals surface area contributed by atoms with Gasteiger partial charge in [0.25, 0.3) is 0 Å². The van der Waals surface area contributed by atoms with Crippen LogP contribution in [0.15, 0.2) is 18.2 Å². The van der Waals surface area contributed by atoms with E-state index in [1.807, 2.05) is 0 Å². The second kappa shape index (κ2) is 3.92. The van der Waals surface area contributed by atoms with Crippen LogP contribution < -0.4 is 10.6 Å². The highest BCUT2D eigenvalue weighted by Gasteiger charge is 2.28. The van der Waals surface area contributed by atoms with Crippen LogP contribution in [-0.2, 0) is 9.59 Å². The minimum atomic E-state index is -0.518. The van der Waals surface area contributed by atoms with E-state index in [1.54, 1.807) is 0 Å². The number of piperidine rings is 1. The van der Waals surface area contributed by atoms with Crippen LogP contribution in [0.3, 0.4) is 0 Å². The number of nitrogens with two attached hydrogens (primary N) is 1. The van der Waals surface area contributed by atoms with Gasteiger partial charge in [-0.25, -0.2) is 9.29 Å². The average Bonchev–Trinajstić information content (AvgIpc) is 2.23. The molecule has 1 aromatic carbocycles. The topological polar surface area (TPSA) is 63.4 Å². The number of carbonyl (C=O) groups is 2. The van der Waals surface area contributed by atoms with Gasteiger partial charge in [-0.05, 0) is 18.6 Å². The van der Waals surface area contributed by atoms with Gasteiger partial charge in [-0.3, -0.25) is 9.59 Å². The maximum Gasteiger partial charge on any atom is 0.233 e. The van der Waals surface area contributed by atoms with Crippen LogP contribution in [0.2, 0.25) is 0 Å². The summed E-state index contributed by atoms with van der Waals surface area (Å²) in [7, 11) is 0. The zero-order valence-corrected chi connectivity index (χ0v) is 8.57. The molecular formula is C11H11FN2O2. The highest BCUT2D eigenvalue weighted by molar-refractivity contribution is 6.17. The van der Waals surface area contributed by atoms with Crippen molar-refractivity contribution in [2.24, 2.45) is 0 Å². The molecule has 1 aliphatic heterocycles. The van der Waals surface area contributed by atoms with Crippen LogP contribution in [-0.4, -0.2) is 11.8 Å².